The van der Waals surface area contributed by atoms with Crippen molar-refractivity contribution in [3.05, 3.63) is 198 Å². The van der Waals surface area contributed by atoms with Crippen molar-refractivity contribution in [2.24, 2.45) is 11.8 Å². The van der Waals surface area contributed by atoms with Crippen molar-refractivity contribution in [1.82, 2.24) is 18.9 Å². The maximum absolute atomic E-state index is 14.2. The van der Waals surface area contributed by atoms with E-state index in [1.54, 1.807) is 26.0 Å². The van der Waals surface area contributed by atoms with Gasteiger partial charge in [0.2, 0.25) is 10.9 Å². The molecule has 0 radical (unpaired) electrons. The van der Waals surface area contributed by atoms with Crippen LogP contribution in [-0.4, -0.2) is 92.9 Å². The van der Waals surface area contributed by atoms with Gasteiger partial charge in [0.25, 0.3) is 11.8 Å². The number of hydrogen-bond acceptors (Lipinski definition) is 10. The summed E-state index contributed by atoms with van der Waals surface area (Å²) in [6, 6.07) is 24.4. The molecular formula is C63H70F4N4O10. The molecule has 4 aliphatic rings. The van der Waals surface area contributed by atoms with Crippen LogP contribution in [-0.2, 0) is 41.9 Å². The van der Waals surface area contributed by atoms with Gasteiger partial charge in [-0.15, -0.1) is 0 Å². The molecule has 10 rings (SSSR count). The second-order valence-corrected chi connectivity index (χ2v) is 21.4. The standard InChI is InChI=1S/C31H32F2N2O5.C30H30F2N2O5.2CH4/c1-19(2)34-18-31(14-22(31)17-39-3)35-15-24(26(36)12-10-21-9-11-23(32)13-25(21)33)28(37)29(27(35)30(34)38)40-16-20-7-5-4-6-8-20;1-18(2)33-17-30(13-21(30)15-35)34-14-23(25(36)11-9-20-8-10-22(31)12-24(20)32)27(37)28(26(34)29(33)38)39-16-19-6-4-3-5-7-19;;/h4-9,11,13,15,19,22H,10,12,14,16-18H2,1-3H3;3-8,10,12,14,18,21,35H,9,11,13,15-17H2,1-2H3;2*1H4/t22-,31+;21-,30+;;/m00../s1. The Morgan fingerprint density at radius 2 is 1.00 bits per heavy atom. The van der Waals surface area contributed by atoms with Crippen LogP contribution in [0.15, 0.2) is 119 Å². The Morgan fingerprint density at radius 1 is 0.605 bits per heavy atom. The van der Waals surface area contributed by atoms with Crippen molar-refractivity contribution < 1.29 is 56.1 Å². The number of hydrogen-bond donors (Lipinski definition) is 1. The molecule has 4 atom stereocenters. The summed E-state index contributed by atoms with van der Waals surface area (Å²) in [6.45, 7) is 8.74. The lowest BCUT2D eigenvalue weighted by Crippen LogP contribution is -2.52. The molecule has 0 unspecified atom stereocenters. The first-order chi connectivity index (χ1) is 37.8. The summed E-state index contributed by atoms with van der Waals surface area (Å²) >= 11 is 0. The molecule has 2 aromatic heterocycles. The number of aliphatic hydroxyl groups is 1. The summed E-state index contributed by atoms with van der Waals surface area (Å²) < 4.78 is 75.9. The summed E-state index contributed by atoms with van der Waals surface area (Å²) in [5, 5.41) is 10.0. The van der Waals surface area contributed by atoms with Crippen molar-refractivity contribution in [3.63, 3.8) is 0 Å². The van der Waals surface area contributed by atoms with E-state index >= 15 is 0 Å². The highest BCUT2D eigenvalue weighted by atomic mass is 19.1. The minimum Gasteiger partial charge on any atom is -0.483 e. The minimum atomic E-state index is -0.765. The molecule has 0 bridgehead atoms. The number of ketones is 2. The van der Waals surface area contributed by atoms with Gasteiger partial charge < -0.3 is 38.3 Å². The summed E-state index contributed by atoms with van der Waals surface area (Å²) in [4.78, 5) is 85.2. The molecule has 14 nitrogen and oxygen atoms in total. The molecule has 1 N–H and O–H groups in total. The smallest absolute Gasteiger partial charge is 0.274 e. The summed E-state index contributed by atoms with van der Waals surface area (Å²) in [7, 11) is 1.62. The van der Waals surface area contributed by atoms with Crippen LogP contribution >= 0.6 is 0 Å². The fourth-order valence-electron chi connectivity index (χ4n) is 11.0. The van der Waals surface area contributed by atoms with Gasteiger partial charge in [-0.1, -0.05) is 87.6 Å². The topological polar surface area (TPSA) is 167 Å². The molecule has 0 saturated heterocycles. The van der Waals surface area contributed by atoms with Gasteiger partial charge >= 0.3 is 0 Å². The van der Waals surface area contributed by atoms with Crippen LogP contribution in [0.3, 0.4) is 0 Å². The molecule has 18 heteroatoms. The first kappa shape index (κ1) is 60.9. The van der Waals surface area contributed by atoms with Crippen molar-refractivity contribution in [2.75, 3.05) is 33.4 Å². The van der Waals surface area contributed by atoms with E-state index < -0.39 is 56.8 Å². The third-order valence-corrected chi connectivity index (χ3v) is 15.7. The van der Waals surface area contributed by atoms with Crippen LogP contribution in [0, 0.1) is 35.1 Å². The molecule has 2 aliphatic heterocycles. The Hall–Kier alpha value is -7.70. The average Bonchev–Trinajstić information content (AvgIpc) is 4.30. The van der Waals surface area contributed by atoms with E-state index in [1.165, 1.54) is 24.5 Å². The SMILES string of the molecule is C.C.CC(C)N1C[C@@]2(C[C@H]2CO)n2cc(C(=O)CCc3ccc(F)cc3F)c(=O)c(OCc3ccccc3)c2C1=O.COC[C@@H]1C[C@@]12CN(C(C)C)C(=O)c1c(OCc3ccccc3)c(=O)c(C(=O)CCc3ccc(F)cc3F)cn12. The van der Waals surface area contributed by atoms with Gasteiger partial charge in [-0.3, -0.25) is 28.8 Å². The van der Waals surface area contributed by atoms with E-state index in [4.69, 9.17) is 14.2 Å². The van der Waals surface area contributed by atoms with E-state index in [1.807, 2.05) is 88.4 Å². The molecule has 2 aliphatic carbocycles. The Morgan fingerprint density at radius 3 is 1.36 bits per heavy atom. The predicted octanol–water partition coefficient (Wildman–Crippen LogP) is 10.1. The first-order valence-corrected chi connectivity index (χ1v) is 26.4. The minimum absolute atomic E-state index is 0. The van der Waals surface area contributed by atoms with Crippen LogP contribution in [0.2, 0.25) is 0 Å². The summed E-state index contributed by atoms with van der Waals surface area (Å²) in [5.74, 6) is -5.17. The number of rotatable bonds is 19. The molecule has 4 aromatic carbocycles. The van der Waals surface area contributed by atoms with Crippen LogP contribution in [0.25, 0.3) is 0 Å². The zero-order valence-corrected chi connectivity index (χ0v) is 44.6. The number of halogens is 4. The molecular weight excluding hydrogens is 1050 g/mol. The molecule has 2 spiro atoms. The van der Waals surface area contributed by atoms with Crippen molar-refractivity contribution in [1.29, 1.82) is 0 Å². The Bertz CT molecular complexity index is 3440. The molecule has 430 valence electrons. The molecule has 4 heterocycles. The zero-order valence-electron chi connectivity index (χ0n) is 44.6. The zero-order chi connectivity index (χ0) is 56.5. The second kappa shape index (κ2) is 25.0. The molecule has 2 saturated carbocycles. The molecule has 2 fully saturated rings. The summed E-state index contributed by atoms with van der Waals surface area (Å²) in [5.41, 5.74) is -0.792. The first-order valence-electron chi connectivity index (χ1n) is 26.4. The average molecular weight is 1120 g/mol. The second-order valence-electron chi connectivity index (χ2n) is 21.4. The van der Waals surface area contributed by atoms with Crippen LogP contribution < -0.4 is 20.3 Å². The number of aliphatic hydroxyl groups excluding tert-OH is 1. The highest BCUT2D eigenvalue weighted by Gasteiger charge is 2.62. The Balaban J connectivity index is 0.000000228. The van der Waals surface area contributed by atoms with Gasteiger partial charge in [0.1, 0.15) is 36.5 Å². The highest BCUT2D eigenvalue weighted by molar-refractivity contribution is 6.01. The predicted molar refractivity (Wildman–Crippen MR) is 298 cm³/mol. The summed E-state index contributed by atoms with van der Waals surface area (Å²) in [6.07, 6.45) is 3.75. The van der Waals surface area contributed by atoms with Crippen LogP contribution in [0.4, 0.5) is 17.6 Å². The number of nitrogens with zero attached hydrogens (tertiary/aromatic N) is 4. The number of benzene rings is 4. The molecule has 2 amide bonds. The van der Waals surface area contributed by atoms with Gasteiger partial charge in [0, 0.05) is 88.1 Å². The normalized spacial score (nSPS) is 19.3. The number of pyridine rings is 2. The van der Waals surface area contributed by atoms with Crippen LogP contribution in [0.1, 0.15) is 132 Å². The van der Waals surface area contributed by atoms with Gasteiger partial charge in [0.15, 0.2) is 34.5 Å². The van der Waals surface area contributed by atoms with E-state index in [0.29, 0.717) is 32.5 Å². The number of amides is 2. The number of Topliss-reactive ketones (excluding diaryl/α,β-unsaturated/α-hetero) is 2. The number of aryl methyl sites for hydroxylation is 2. The fraction of sp³-hybridized carbons (Fsp3) is 0.397. The van der Waals surface area contributed by atoms with Crippen LogP contribution in [0.5, 0.6) is 11.5 Å². The fourth-order valence-corrected chi connectivity index (χ4v) is 11.0. The maximum atomic E-state index is 14.2. The van der Waals surface area contributed by atoms with Crippen molar-refractivity contribution in [2.45, 2.75) is 117 Å². The van der Waals surface area contributed by atoms with Gasteiger partial charge in [-0.2, -0.15) is 0 Å². The molecule has 81 heavy (non-hydrogen) atoms. The van der Waals surface area contributed by atoms with Gasteiger partial charge in [-0.25, -0.2) is 17.6 Å². The van der Waals surface area contributed by atoms with Gasteiger partial charge in [0.05, 0.1) is 28.8 Å². The third-order valence-electron chi connectivity index (χ3n) is 15.7. The Kier molecular flexibility index (Phi) is 18.8. The van der Waals surface area contributed by atoms with Gasteiger partial charge in [-0.05, 0) is 87.8 Å². The quantitative estimate of drug-likeness (QED) is 0.0609. The number of methoxy groups -OCH3 is 1. The third kappa shape index (κ3) is 12.2. The lowest BCUT2D eigenvalue weighted by Gasteiger charge is -2.40. The maximum Gasteiger partial charge on any atom is 0.274 e. The monoisotopic (exact) mass is 1120 g/mol. The number of ether oxygens (including phenoxy) is 3. The number of carbonyl (C=O) groups excluding carboxylic acids is 4. The number of aromatic nitrogens is 2. The van der Waals surface area contributed by atoms with Crippen molar-refractivity contribution >= 4 is 23.4 Å². The van der Waals surface area contributed by atoms with E-state index in [2.05, 4.69) is 0 Å². The van der Waals surface area contributed by atoms with Crippen molar-refractivity contribution in [3.8, 4) is 11.5 Å². The lowest BCUT2D eigenvalue weighted by molar-refractivity contribution is 0.0537. The lowest BCUT2D eigenvalue weighted by atomic mass is 9.99. The van der Waals surface area contributed by atoms with E-state index in [0.717, 1.165) is 35.4 Å². The largest absolute Gasteiger partial charge is 0.483 e. The Labute approximate surface area is 468 Å². The van der Waals surface area contributed by atoms with E-state index in [9.17, 15) is 51.4 Å². The molecule has 6 aromatic rings. The van der Waals surface area contributed by atoms with E-state index in [-0.39, 0.29) is 141 Å². The highest BCUT2D eigenvalue weighted by Crippen LogP contribution is 2.55. The number of fused-ring (bicyclic) bond motifs is 4. The number of carbonyl (C=O) groups is 4.